The Morgan fingerprint density at radius 1 is 1.08 bits per heavy atom. The third-order valence-corrected chi connectivity index (χ3v) is 6.32. The first-order valence-corrected chi connectivity index (χ1v) is 12.3. The van der Waals surface area contributed by atoms with Crippen molar-refractivity contribution >= 4 is 29.0 Å². The summed E-state index contributed by atoms with van der Waals surface area (Å²) in [6.07, 6.45) is -2.04. The molecular weight excluding hydrogens is 485 g/mol. The minimum absolute atomic E-state index is 0.100. The van der Waals surface area contributed by atoms with Gasteiger partial charge in [-0.2, -0.15) is 13.2 Å². The number of benzene rings is 2. The maximum absolute atomic E-state index is 13.2. The fraction of sp³-hybridized carbons (Fsp3) is 0.444. The van der Waals surface area contributed by atoms with Crippen LogP contribution in [0.1, 0.15) is 74.0 Å². The zero-order valence-corrected chi connectivity index (χ0v) is 21.3. The van der Waals surface area contributed by atoms with Gasteiger partial charge in [-0.25, -0.2) is 9.78 Å². The normalized spacial score (nSPS) is 18.5. The lowest BCUT2D eigenvalue weighted by Crippen LogP contribution is -2.41. The van der Waals surface area contributed by atoms with Crippen molar-refractivity contribution in [3.05, 3.63) is 59.2 Å². The predicted molar refractivity (Wildman–Crippen MR) is 135 cm³/mol. The Morgan fingerprint density at radius 3 is 2.51 bits per heavy atom. The number of carbonyl (C=O) groups is 2. The van der Waals surface area contributed by atoms with Crippen LogP contribution in [0, 0.1) is 6.92 Å². The van der Waals surface area contributed by atoms with Crippen molar-refractivity contribution in [3.8, 4) is 0 Å². The van der Waals surface area contributed by atoms with Crippen LogP contribution < -0.4 is 10.6 Å². The molecule has 2 N–H and O–H groups in total. The standard InChI is InChI=1S/C27H31F3N4O3/c1-16-8-5-13-21-22(16)34(20-12-7-11-19(15-20)31-25(36)37-26(2,3)4)24(32-21)33-23(35)17-9-6-10-18(14-17)27(28,29)30/h5-6,8-10,13-14,19-20H,7,11-12,15H2,1-4H3,(H,31,36)(H,32,33,35)/t19-,20-/m0/s1. The Kier molecular flexibility index (Phi) is 7.21. The monoisotopic (exact) mass is 516 g/mol. The number of fused-ring (bicyclic) bond motifs is 1. The minimum atomic E-state index is -4.56. The number of amides is 2. The van der Waals surface area contributed by atoms with E-state index in [1.165, 1.54) is 12.1 Å². The van der Waals surface area contributed by atoms with E-state index in [1.54, 1.807) is 20.8 Å². The van der Waals surface area contributed by atoms with E-state index >= 15 is 0 Å². The summed E-state index contributed by atoms with van der Waals surface area (Å²) < 4.78 is 46.9. The number of alkyl carbamates (subject to hydrolysis) is 1. The van der Waals surface area contributed by atoms with E-state index in [1.807, 2.05) is 29.7 Å². The molecule has 2 amide bonds. The molecule has 0 saturated heterocycles. The van der Waals surface area contributed by atoms with E-state index in [0.29, 0.717) is 11.9 Å². The van der Waals surface area contributed by atoms with Crippen molar-refractivity contribution in [1.29, 1.82) is 0 Å². The molecule has 1 aliphatic carbocycles. The predicted octanol–water partition coefficient (Wildman–Crippen LogP) is 6.62. The van der Waals surface area contributed by atoms with Crippen molar-refractivity contribution in [2.75, 3.05) is 5.32 Å². The fourth-order valence-electron chi connectivity index (χ4n) is 4.78. The molecule has 1 saturated carbocycles. The van der Waals surface area contributed by atoms with Gasteiger partial charge in [0.15, 0.2) is 0 Å². The number of carbonyl (C=O) groups excluding carboxylic acids is 2. The fourth-order valence-corrected chi connectivity index (χ4v) is 4.78. The van der Waals surface area contributed by atoms with Crippen LogP contribution in [0.4, 0.5) is 23.9 Å². The Morgan fingerprint density at radius 2 is 1.81 bits per heavy atom. The molecule has 0 bridgehead atoms. The van der Waals surface area contributed by atoms with Gasteiger partial charge in [-0.05, 0) is 83.2 Å². The number of halogens is 3. The number of hydrogen-bond donors (Lipinski definition) is 2. The summed E-state index contributed by atoms with van der Waals surface area (Å²) in [6.45, 7) is 7.35. The van der Waals surface area contributed by atoms with E-state index in [4.69, 9.17) is 4.74 Å². The zero-order valence-electron chi connectivity index (χ0n) is 21.3. The molecule has 0 aliphatic heterocycles. The number of ether oxygens (including phenoxy) is 1. The molecule has 1 aliphatic rings. The van der Waals surface area contributed by atoms with Crippen LogP contribution in [0.25, 0.3) is 11.0 Å². The maximum atomic E-state index is 13.2. The molecule has 2 aromatic carbocycles. The minimum Gasteiger partial charge on any atom is -0.444 e. The Hall–Kier alpha value is -3.56. The number of nitrogens with one attached hydrogen (secondary N) is 2. The van der Waals surface area contributed by atoms with Crippen molar-refractivity contribution < 1.29 is 27.5 Å². The highest BCUT2D eigenvalue weighted by Gasteiger charge is 2.32. The second kappa shape index (κ2) is 10.1. The van der Waals surface area contributed by atoms with Crippen LogP contribution in [0.2, 0.25) is 0 Å². The molecule has 1 aromatic heterocycles. The number of hydrogen-bond acceptors (Lipinski definition) is 4. The largest absolute Gasteiger partial charge is 0.444 e. The highest BCUT2D eigenvalue weighted by atomic mass is 19.4. The second-order valence-corrected chi connectivity index (χ2v) is 10.4. The lowest BCUT2D eigenvalue weighted by atomic mass is 9.90. The third-order valence-electron chi connectivity index (χ3n) is 6.32. The van der Waals surface area contributed by atoms with Crippen LogP contribution >= 0.6 is 0 Å². The van der Waals surface area contributed by atoms with Crippen LogP contribution in [-0.4, -0.2) is 33.2 Å². The first-order chi connectivity index (χ1) is 17.3. The van der Waals surface area contributed by atoms with E-state index < -0.39 is 29.3 Å². The zero-order chi connectivity index (χ0) is 27.0. The Balaban J connectivity index is 1.63. The first kappa shape index (κ1) is 26.5. The van der Waals surface area contributed by atoms with Gasteiger partial charge in [0.2, 0.25) is 5.95 Å². The average Bonchev–Trinajstić information content (AvgIpc) is 3.16. The van der Waals surface area contributed by atoms with Gasteiger partial charge in [-0.1, -0.05) is 18.2 Å². The van der Waals surface area contributed by atoms with Crippen molar-refractivity contribution in [2.24, 2.45) is 0 Å². The summed E-state index contributed by atoms with van der Waals surface area (Å²) in [5.74, 6) is -0.422. The average molecular weight is 517 g/mol. The summed E-state index contributed by atoms with van der Waals surface area (Å²) in [5.41, 5.74) is 0.834. The number of para-hydroxylation sites is 1. The van der Waals surface area contributed by atoms with Crippen LogP contribution in [-0.2, 0) is 10.9 Å². The highest BCUT2D eigenvalue weighted by molar-refractivity contribution is 6.04. The van der Waals surface area contributed by atoms with Gasteiger partial charge in [0, 0.05) is 17.6 Å². The summed E-state index contributed by atoms with van der Waals surface area (Å²) in [5, 5.41) is 5.69. The molecule has 1 heterocycles. The molecule has 1 fully saturated rings. The SMILES string of the molecule is Cc1cccc2nc(NC(=O)c3cccc(C(F)(F)F)c3)n([C@H]3CCC[C@H](NC(=O)OC(C)(C)C)C3)c12. The van der Waals surface area contributed by atoms with Crippen molar-refractivity contribution in [1.82, 2.24) is 14.9 Å². The third kappa shape index (κ3) is 6.23. The first-order valence-electron chi connectivity index (χ1n) is 12.3. The van der Waals surface area contributed by atoms with E-state index in [9.17, 15) is 22.8 Å². The summed E-state index contributed by atoms with van der Waals surface area (Å²) in [6, 6.07) is 9.70. The summed E-state index contributed by atoms with van der Waals surface area (Å²) in [4.78, 5) is 30.0. The van der Waals surface area contributed by atoms with Crippen LogP contribution in [0.5, 0.6) is 0 Å². The van der Waals surface area contributed by atoms with Gasteiger partial charge in [-0.3, -0.25) is 10.1 Å². The quantitative estimate of drug-likeness (QED) is 0.408. The van der Waals surface area contributed by atoms with Gasteiger partial charge in [0.05, 0.1) is 16.6 Å². The molecule has 3 aromatic rings. The van der Waals surface area contributed by atoms with Gasteiger partial charge in [0.1, 0.15) is 5.60 Å². The number of aromatic nitrogens is 2. The Bertz CT molecular complexity index is 1310. The van der Waals surface area contributed by atoms with Gasteiger partial charge in [0.25, 0.3) is 5.91 Å². The van der Waals surface area contributed by atoms with Gasteiger partial charge in [-0.15, -0.1) is 0 Å². The highest BCUT2D eigenvalue weighted by Crippen LogP contribution is 2.36. The van der Waals surface area contributed by atoms with E-state index in [0.717, 1.165) is 42.5 Å². The molecule has 0 radical (unpaired) electrons. The lowest BCUT2D eigenvalue weighted by molar-refractivity contribution is -0.137. The van der Waals surface area contributed by atoms with E-state index in [-0.39, 0.29) is 23.6 Å². The van der Waals surface area contributed by atoms with Crippen LogP contribution in [0.3, 0.4) is 0 Å². The number of alkyl halides is 3. The molecule has 7 nitrogen and oxygen atoms in total. The lowest BCUT2D eigenvalue weighted by Gasteiger charge is -2.32. The van der Waals surface area contributed by atoms with Crippen molar-refractivity contribution in [2.45, 2.75) is 77.2 Å². The number of nitrogens with zero attached hydrogens (tertiary/aromatic N) is 2. The maximum Gasteiger partial charge on any atom is 0.416 e. The summed E-state index contributed by atoms with van der Waals surface area (Å²) >= 11 is 0. The number of aryl methyl sites for hydroxylation is 1. The molecule has 2 atom stereocenters. The number of rotatable bonds is 4. The van der Waals surface area contributed by atoms with Gasteiger partial charge < -0.3 is 14.6 Å². The Labute approximate surface area is 213 Å². The smallest absolute Gasteiger partial charge is 0.416 e. The van der Waals surface area contributed by atoms with Crippen molar-refractivity contribution in [3.63, 3.8) is 0 Å². The topological polar surface area (TPSA) is 85.3 Å². The molecule has 0 spiro atoms. The molecule has 198 valence electrons. The molecular formula is C27H31F3N4O3. The van der Waals surface area contributed by atoms with Crippen LogP contribution in [0.15, 0.2) is 42.5 Å². The molecule has 10 heteroatoms. The van der Waals surface area contributed by atoms with E-state index in [2.05, 4.69) is 15.6 Å². The molecule has 4 rings (SSSR count). The molecule has 37 heavy (non-hydrogen) atoms. The second-order valence-electron chi connectivity index (χ2n) is 10.4. The molecule has 0 unspecified atom stereocenters. The van der Waals surface area contributed by atoms with Gasteiger partial charge >= 0.3 is 12.3 Å². The summed E-state index contributed by atoms with van der Waals surface area (Å²) in [7, 11) is 0. The number of anilines is 1. The number of imidazole rings is 1.